The first-order chi connectivity index (χ1) is 11.3. The number of hydrogen-bond donors (Lipinski definition) is 0. The Morgan fingerprint density at radius 1 is 1.00 bits per heavy atom. The lowest BCUT2D eigenvalue weighted by Crippen LogP contribution is -2.32. The van der Waals surface area contributed by atoms with Crippen LogP contribution in [0.15, 0.2) is 48.5 Å². The maximum atomic E-state index is 10.9. The highest BCUT2D eigenvalue weighted by atomic mass is 16.5. The van der Waals surface area contributed by atoms with Crippen LogP contribution in [0.25, 0.3) is 0 Å². The molecule has 2 aromatic rings. The molecule has 0 atom stereocenters. The van der Waals surface area contributed by atoms with Gasteiger partial charge in [-0.25, -0.2) is 0 Å². The zero-order valence-electron chi connectivity index (χ0n) is 13.3. The van der Waals surface area contributed by atoms with Gasteiger partial charge in [-0.3, -0.25) is 4.79 Å². The molecule has 0 fully saturated rings. The molecule has 2 heterocycles. The summed E-state index contributed by atoms with van der Waals surface area (Å²) in [7, 11) is 0. The smallest absolute Gasteiger partial charge is 0.174 e. The number of benzene rings is 2. The van der Waals surface area contributed by atoms with Crippen LogP contribution in [0, 0.1) is 0 Å². The van der Waals surface area contributed by atoms with E-state index in [-0.39, 0.29) is 12.4 Å². The number of fused-ring (bicyclic) bond motifs is 2. The second-order valence-corrected chi connectivity index (χ2v) is 5.51. The van der Waals surface area contributed by atoms with Crippen LogP contribution >= 0.6 is 0 Å². The lowest BCUT2D eigenvalue weighted by Gasteiger charge is -2.29. The van der Waals surface area contributed by atoms with Crippen LogP contribution in [0.3, 0.4) is 0 Å². The number of ether oxygens (including phenoxy) is 2. The van der Waals surface area contributed by atoms with E-state index >= 15 is 0 Å². The number of carbonyl (C=O) groups is 1. The van der Waals surface area contributed by atoms with Crippen LogP contribution in [0.2, 0.25) is 0 Å². The fourth-order valence-electron chi connectivity index (χ4n) is 2.77. The van der Waals surface area contributed by atoms with Gasteiger partial charge in [0.25, 0.3) is 0 Å². The normalized spacial score (nSPS) is 15.3. The molecule has 2 aliphatic heterocycles. The Morgan fingerprint density at radius 3 is 2.57 bits per heavy atom. The molecule has 0 saturated heterocycles. The zero-order valence-corrected chi connectivity index (χ0v) is 13.3. The number of para-hydroxylation sites is 3. The topological polar surface area (TPSA) is 38.8 Å². The highest BCUT2D eigenvalue weighted by Crippen LogP contribution is 2.30. The molecule has 4 heteroatoms. The minimum absolute atomic E-state index is 0.156. The Morgan fingerprint density at radius 2 is 1.74 bits per heavy atom. The average molecular weight is 311 g/mol. The minimum atomic E-state index is 0.156. The Labute approximate surface area is 136 Å². The monoisotopic (exact) mass is 311 g/mol. The van der Waals surface area contributed by atoms with Crippen LogP contribution in [-0.2, 0) is 11.2 Å². The van der Waals surface area contributed by atoms with E-state index in [4.69, 9.17) is 9.47 Å². The van der Waals surface area contributed by atoms with Crippen molar-refractivity contribution < 1.29 is 14.3 Å². The molecule has 0 aromatic heterocycles. The summed E-state index contributed by atoms with van der Waals surface area (Å²) >= 11 is 0. The summed E-state index contributed by atoms with van der Waals surface area (Å²) in [6.07, 6.45) is 0.524. The third kappa shape index (κ3) is 3.65. The van der Waals surface area contributed by atoms with Gasteiger partial charge in [0.15, 0.2) is 5.78 Å². The van der Waals surface area contributed by atoms with Crippen molar-refractivity contribution in [2.24, 2.45) is 0 Å². The van der Waals surface area contributed by atoms with Gasteiger partial charge in [-0.05, 0) is 25.1 Å². The lowest BCUT2D eigenvalue weighted by atomic mass is 10.1. The van der Waals surface area contributed by atoms with Crippen molar-refractivity contribution in [1.29, 1.82) is 0 Å². The Balaban J connectivity index is 0.000000136. The quantitative estimate of drug-likeness (QED) is 0.811. The molecule has 120 valence electrons. The van der Waals surface area contributed by atoms with Crippen molar-refractivity contribution in [2.45, 2.75) is 13.3 Å². The lowest BCUT2D eigenvalue weighted by molar-refractivity contribution is -0.121. The maximum absolute atomic E-state index is 10.9. The summed E-state index contributed by atoms with van der Waals surface area (Å²) in [6, 6.07) is 15.8. The van der Waals surface area contributed by atoms with Crippen LogP contribution < -0.4 is 14.4 Å². The second-order valence-electron chi connectivity index (χ2n) is 5.51. The molecule has 0 N–H and O–H groups in total. The standard InChI is InChI=1S/C10H13NO.C9H8O2/c1-2-11-7-8-12-10-6-4-3-5-9(10)11;10-8-5-7-3-1-2-4-9(7)11-6-8/h3-6H,2,7-8H2,1H3;1-4H,5-6H2. The number of nitrogens with zero attached hydrogens (tertiary/aromatic N) is 1. The van der Waals surface area contributed by atoms with Crippen molar-refractivity contribution in [3.05, 3.63) is 54.1 Å². The van der Waals surface area contributed by atoms with Gasteiger partial charge in [-0.1, -0.05) is 30.3 Å². The van der Waals surface area contributed by atoms with Gasteiger partial charge in [0, 0.05) is 18.5 Å². The summed E-state index contributed by atoms with van der Waals surface area (Å²) in [6.45, 7) is 5.28. The molecule has 0 saturated carbocycles. The maximum Gasteiger partial charge on any atom is 0.174 e. The van der Waals surface area contributed by atoms with Gasteiger partial charge < -0.3 is 14.4 Å². The third-order valence-electron chi connectivity index (χ3n) is 3.96. The molecule has 0 amide bonds. The van der Waals surface area contributed by atoms with E-state index in [9.17, 15) is 4.79 Å². The first-order valence-electron chi connectivity index (χ1n) is 7.97. The first-order valence-corrected chi connectivity index (χ1v) is 7.97. The molecular weight excluding hydrogens is 290 g/mol. The first kappa shape index (κ1) is 15.4. The summed E-state index contributed by atoms with van der Waals surface area (Å²) in [5.41, 5.74) is 2.23. The van der Waals surface area contributed by atoms with Crippen LogP contribution in [0.1, 0.15) is 12.5 Å². The van der Waals surface area contributed by atoms with E-state index in [0.717, 1.165) is 36.8 Å². The predicted molar refractivity (Wildman–Crippen MR) is 90.5 cm³/mol. The van der Waals surface area contributed by atoms with Gasteiger partial charge >= 0.3 is 0 Å². The van der Waals surface area contributed by atoms with Crippen molar-refractivity contribution in [1.82, 2.24) is 0 Å². The highest BCUT2D eigenvalue weighted by Gasteiger charge is 2.15. The number of ketones is 1. The molecule has 0 unspecified atom stereocenters. The Kier molecular flexibility index (Phi) is 4.81. The van der Waals surface area contributed by atoms with E-state index in [0.29, 0.717) is 6.42 Å². The molecule has 0 bridgehead atoms. The van der Waals surface area contributed by atoms with Gasteiger partial charge in [-0.2, -0.15) is 0 Å². The number of likely N-dealkylation sites (N-methyl/N-ethyl adjacent to an activating group) is 1. The van der Waals surface area contributed by atoms with Gasteiger partial charge in [0.1, 0.15) is 24.7 Å². The summed E-state index contributed by atoms with van der Waals surface area (Å²) in [4.78, 5) is 13.2. The molecule has 4 rings (SSSR count). The van der Waals surface area contributed by atoms with Crippen molar-refractivity contribution >= 4 is 11.5 Å². The van der Waals surface area contributed by atoms with E-state index in [1.807, 2.05) is 36.4 Å². The van der Waals surface area contributed by atoms with E-state index < -0.39 is 0 Å². The molecule has 0 radical (unpaired) electrons. The summed E-state index contributed by atoms with van der Waals surface area (Å²) in [5, 5.41) is 0. The number of carbonyl (C=O) groups excluding carboxylic acids is 1. The van der Waals surface area contributed by atoms with Crippen molar-refractivity contribution in [3.8, 4) is 11.5 Å². The van der Waals surface area contributed by atoms with E-state index in [2.05, 4.69) is 24.0 Å². The summed E-state index contributed by atoms with van der Waals surface area (Å²) in [5.74, 6) is 2.03. The fraction of sp³-hybridized carbons (Fsp3) is 0.316. The van der Waals surface area contributed by atoms with E-state index in [1.54, 1.807) is 0 Å². The van der Waals surface area contributed by atoms with Crippen molar-refractivity contribution in [3.63, 3.8) is 0 Å². The third-order valence-corrected chi connectivity index (χ3v) is 3.96. The van der Waals surface area contributed by atoms with Crippen LogP contribution in [0.4, 0.5) is 5.69 Å². The highest BCUT2D eigenvalue weighted by molar-refractivity contribution is 5.84. The minimum Gasteiger partial charge on any atom is -0.490 e. The number of Topliss-reactive ketones (excluding diaryl/α,β-unsaturated/α-hetero) is 1. The fourth-order valence-corrected chi connectivity index (χ4v) is 2.77. The van der Waals surface area contributed by atoms with Crippen LogP contribution in [-0.4, -0.2) is 32.1 Å². The van der Waals surface area contributed by atoms with Gasteiger partial charge in [0.05, 0.1) is 12.2 Å². The molecule has 0 aliphatic carbocycles. The van der Waals surface area contributed by atoms with Gasteiger partial charge in [0.2, 0.25) is 0 Å². The molecule has 2 aromatic carbocycles. The van der Waals surface area contributed by atoms with Crippen molar-refractivity contribution in [2.75, 3.05) is 31.2 Å². The van der Waals surface area contributed by atoms with E-state index in [1.165, 1.54) is 5.69 Å². The molecule has 2 aliphatic rings. The number of rotatable bonds is 1. The number of hydrogen-bond acceptors (Lipinski definition) is 4. The molecule has 4 nitrogen and oxygen atoms in total. The molecule has 23 heavy (non-hydrogen) atoms. The van der Waals surface area contributed by atoms with Crippen LogP contribution in [0.5, 0.6) is 11.5 Å². The largest absolute Gasteiger partial charge is 0.490 e. The zero-order chi connectivity index (χ0) is 16.1. The van der Waals surface area contributed by atoms with Gasteiger partial charge in [-0.15, -0.1) is 0 Å². The number of anilines is 1. The molecule has 0 spiro atoms. The Hall–Kier alpha value is -2.49. The summed E-state index contributed by atoms with van der Waals surface area (Å²) < 4.78 is 10.7. The predicted octanol–water partition coefficient (Wildman–Crippen LogP) is 3.10. The SMILES string of the molecule is CCN1CCOc2ccccc21.O=C1COc2ccccc2C1. The Bertz CT molecular complexity index is 684. The average Bonchev–Trinajstić information content (AvgIpc) is 2.61. The molecular formula is C19H21NO3. The second kappa shape index (κ2) is 7.18.